The number of rotatable bonds is 6. The molecule has 4 rings (SSSR count). The Kier molecular flexibility index (Phi) is 6.17. The topological polar surface area (TPSA) is 133 Å². The quantitative estimate of drug-likeness (QED) is 0.581. The first kappa shape index (κ1) is 21.6. The van der Waals surface area contributed by atoms with Gasteiger partial charge in [0.25, 0.3) is 5.56 Å². The minimum absolute atomic E-state index is 0.0542. The number of aromatic amines is 1. The lowest BCUT2D eigenvalue weighted by atomic mass is 9.88. The van der Waals surface area contributed by atoms with Crippen LogP contribution in [-0.4, -0.2) is 56.0 Å². The number of anilines is 1. The summed E-state index contributed by atoms with van der Waals surface area (Å²) in [4.78, 5) is 25.9. The number of sulfonamides is 1. The van der Waals surface area contributed by atoms with Gasteiger partial charge in [-0.2, -0.15) is 5.10 Å². The molecule has 1 aromatic carbocycles. The molecule has 2 aliphatic rings. The number of alkyl carbamates (subject to hydrolysis) is 1. The Balaban J connectivity index is 1.21. The average molecular weight is 468 g/mol. The minimum Gasteiger partial charge on any atom is -0.444 e. The third-order valence-electron chi connectivity index (χ3n) is 5.37. The van der Waals surface area contributed by atoms with E-state index in [0.717, 1.165) is 0 Å². The molecular weight excluding hydrogens is 446 g/mol. The number of carbonyl (C=O) groups excluding carboxylic acids is 1. The molecule has 2 heterocycles. The van der Waals surface area contributed by atoms with Gasteiger partial charge in [0.1, 0.15) is 11.1 Å². The van der Waals surface area contributed by atoms with Gasteiger partial charge in [-0.05, 0) is 25.0 Å². The van der Waals surface area contributed by atoms with E-state index in [1.54, 1.807) is 18.2 Å². The molecule has 12 heteroatoms. The van der Waals surface area contributed by atoms with E-state index in [1.165, 1.54) is 18.3 Å². The summed E-state index contributed by atoms with van der Waals surface area (Å²) in [7, 11) is -3.57. The van der Waals surface area contributed by atoms with Crippen LogP contribution in [0.1, 0.15) is 19.3 Å². The Labute approximate surface area is 184 Å². The van der Waals surface area contributed by atoms with E-state index in [4.69, 9.17) is 16.3 Å². The fraction of sp³-hybridized carbons (Fsp3) is 0.421. The number of halogens is 1. The first-order valence-corrected chi connectivity index (χ1v) is 11.7. The number of amides is 1. The third kappa shape index (κ3) is 5.00. The van der Waals surface area contributed by atoms with Crippen LogP contribution in [0.25, 0.3) is 0 Å². The molecule has 0 radical (unpaired) electrons. The molecule has 1 aliphatic heterocycles. The lowest BCUT2D eigenvalue weighted by Crippen LogP contribution is -2.54. The van der Waals surface area contributed by atoms with Gasteiger partial charge in [-0.1, -0.05) is 29.8 Å². The molecule has 2 fully saturated rings. The van der Waals surface area contributed by atoms with Crippen LogP contribution in [0.2, 0.25) is 5.02 Å². The van der Waals surface area contributed by atoms with E-state index in [9.17, 15) is 18.0 Å². The Hall–Kier alpha value is -2.63. The predicted octanol–water partition coefficient (Wildman–Crippen LogP) is 1.24. The zero-order valence-corrected chi connectivity index (χ0v) is 18.0. The highest BCUT2D eigenvalue weighted by molar-refractivity contribution is 7.89. The Bertz CT molecular complexity index is 1100. The highest BCUT2D eigenvalue weighted by atomic mass is 35.5. The maximum atomic E-state index is 12.3. The molecular formula is C19H22ClN5O5S. The SMILES string of the molecule is O=C(N[C@H]1C[C@H](NS(=O)(=O)c2ccccc2)C1)O[C@@H]1CCN(c2cn[nH]c(=O)c2Cl)C1. The van der Waals surface area contributed by atoms with Gasteiger partial charge in [0.2, 0.25) is 10.0 Å². The van der Waals surface area contributed by atoms with Crippen molar-refractivity contribution in [2.24, 2.45) is 0 Å². The monoisotopic (exact) mass is 467 g/mol. The van der Waals surface area contributed by atoms with Gasteiger partial charge in [-0.15, -0.1) is 0 Å². The lowest BCUT2D eigenvalue weighted by Gasteiger charge is -2.35. The van der Waals surface area contributed by atoms with E-state index in [2.05, 4.69) is 20.2 Å². The first-order valence-electron chi connectivity index (χ1n) is 9.84. The minimum atomic E-state index is -3.57. The van der Waals surface area contributed by atoms with Crippen molar-refractivity contribution in [2.75, 3.05) is 18.0 Å². The molecule has 1 atom stereocenters. The molecule has 0 spiro atoms. The number of nitrogens with zero attached hydrogens (tertiary/aromatic N) is 2. The number of aromatic nitrogens is 2. The van der Waals surface area contributed by atoms with E-state index in [-0.39, 0.29) is 28.1 Å². The highest BCUT2D eigenvalue weighted by Gasteiger charge is 2.35. The molecule has 1 aliphatic carbocycles. The molecule has 0 unspecified atom stereocenters. The Morgan fingerprint density at radius 3 is 2.71 bits per heavy atom. The summed E-state index contributed by atoms with van der Waals surface area (Å²) in [5.41, 5.74) is 0.0353. The number of hydrogen-bond acceptors (Lipinski definition) is 7. The van der Waals surface area contributed by atoms with Crippen molar-refractivity contribution in [3.05, 3.63) is 51.9 Å². The summed E-state index contributed by atoms with van der Waals surface area (Å²) in [6.07, 6.45) is 2.16. The van der Waals surface area contributed by atoms with Crippen LogP contribution in [0.15, 0.2) is 46.2 Å². The highest BCUT2D eigenvalue weighted by Crippen LogP contribution is 2.26. The van der Waals surface area contributed by atoms with Crippen molar-refractivity contribution < 1.29 is 17.9 Å². The molecule has 1 saturated carbocycles. The zero-order chi connectivity index (χ0) is 22.0. The Morgan fingerprint density at radius 1 is 1.23 bits per heavy atom. The molecule has 2 aromatic rings. The zero-order valence-electron chi connectivity index (χ0n) is 16.5. The summed E-state index contributed by atoms with van der Waals surface area (Å²) < 4.78 is 32.8. The van der Waals surface area contributed by atoms with Crippen LogP contribution in [0.4, 0.5) is 10.5 Å². The summed E-state index contributed by atoms with van der Waals surface area (Å²) in [6.45, 7) is 0.984. The third-order valence-corrected chi connectivity index (χ3v) is 7.27. The summed E-state index contributed by atoms with van der Waals surface area (Å²) in [5, 5.41) is 8.84. The largest absolute Gasteiger partial charge is 0.444 e. The number of H-pyrrole nitrogens is 1. The normalized spacial score (nSPS) is 23.3. The van der Waals surface area contributed by atoms with Gasteiger partial charge in [0, 0.05) is 25.0 Å². The van der Waals surface area contributed by atoms with Gasteiger partial charge in [0.15, 0.2) is 0 Å². The smallest absolute Gasteiger partial charge is 0.407 e. The van der Waals surface area contributed by atoms with E-state index < -0.39 is 21.7 Å². The van der Waals surface area contributed by atoms with Crippen LogP contribution in [0.3, 0.4) is 0 Å². The lowest BCUT2D eigenvalue weighted by molar-refractivity contribution is 0.0986. The summed E-state index contributed by atoms with van der Waals surface area (Å²) in [5.74, 6) is 0. The molecule has 0 bridgehead atoms. The second kappa shape index (κ2) is 8.85. The van der Waals surface area contributed by atoms with Crippen molar-refractivity contribution in [2.45, 2.75) is 42.3 Å². The van der Waals surface area contributed by atoms with Crippen molar-refractivity contribution in [1.29, 1.82) is 0 Å². The van der Waals surface area contributed by atoms with Crippen molar-refractivity contribution in [3.63, 3.8) is 0 Å². The fourth-order valence-electron chi connectivity index (χ4n) is 3.71. The van der Waals surface area contributed by atoms with Crippen LogP contribution < -0.4 is 20.5 Å². The fourth-order valence-corrected chi connectivity index (χ4v) is 5.20. The van der Waals surface area contributed by atoms with E-state index in [0.29, 0.717) is 38.0 Å². The summed E-state index contributed by atoms with van der Waals surface area (Å²) in [6, 6.07) is 7.77. The van der Waals surface area contributed by atoms with E-state index >= 15 is 0 Å². The predicted molar refractivity (Wildman–Crippen MR) is 114 cm³/mol. The molecule has 3 N–H and O–H groups in total. The van der Waals surface area contributed by atoms with Gasteiger partial charge in [-0.3, -0.25) is 4.79 Å². The van der Waals surface area contributed by atoms with Crippen molar-refractivity contribution >= 4 is 33.4 Å². The van der Waals surface area contributed by atoms with Gasteiger partial charge in [0.05, 0.1) is 23.3 Å². The number of carbonyl (C=O) groups is 1. The molecule has 31 heavy (non-hydrogen) atoms. The van der Waals surface area contributed by atoms with E-state index in [1.807, 2.05) is 4.90 Å². The number of ether oxygens (including phenoxy) is 1. The molecule has 1 aromatic heterocycles. The summed E-state index contributed by atoms with van der Waals surface area (Å²) >= 11 is 6.03. The Morgan fingerprint density at radius 2 is 1.97 bits per heavy atom. The van der Waals surface area contributed by atoms with Crippen molar-refractivity contribution in [1.82, 2.24) is 20.2 Å². The number of nitrogens with one attached hydrogen (secondary N) is 3. The maximum Gasteiger partial charge on any atom is 0.407 e. The first-order chi connectivity index (χ1) is 14.8. The van der Waals surface area contributed by atoms with Gasteiger partial charge >= 0.3 is 6.09 Å². The van der Waals surface area contributed by atoms with Crippen LogP contribution in [0.5, 0.6) is 0 Å². The van der Waals surface area contributed by atoms with Crippen LogP contribution in [-0.2, 0) is 14.8 Å². The van der Waals surface area contributed by atoms with Crippen molar-refractivity contribution in [3.8, 4) is 0 Å². The number of hydrogen-bond donors (Lipinski definition) is 3. The average Bonchev–Trinajstić information content (AvgIpc) is 3.17. The standard InChI is InChI=1S/C19H22ClN5O5S/c20-17-16(10-21-23-18(17)26)25-7-6-14(11-25)30-19(27)22-12-8-13(9-12)24-31(28,29)15-4-2-1-3-5-15/h1-5,10,12-14,24H,6-9,11H2,(H,22,27)(H,23,26)/t12-,13-,14-/m1/s1. The number of benzene rings is 1. The second-order valence-electron chi connectivity index (χ2n) is 7.60. The van der Waals surface area contributed by atoms with Crippen LogP contribution >= 0.6 is 11.6 Å². The van der Waals surface area contributed by atoms with Gasteiger partial charge in [-0.25, -0.2) is 23.0 Å². The second-order valence-corrected chi connectivity index (χ2v) is 9.70. The molecule has 166 valence electrons. The molecule has 10 nitrogen and oxygen atoms in total. The molecule has 1 amide bonds. The van der Waals surface area contributed by atoms with Gasteiger partial charge < -0.3 is 15.0 Å². The van der Waals surface area contributed by atoms with Crippen LogP contribution in [0, 0.1) is 0 Å². The maximum absolute atomic E-state index is 12.3. The molecule has 1 saturated heterocycles.